The molecule has 1 aliphatic carbocycles. The third kappa shape index (κ3) is 2.82. The van der Waals surface area contributed by atoms with Gasteiger partial charge in [-0.05, 0) is 36.4 Å². The maximum absolute atomic E-state index is 12.2. The average molecular weight is 311 g/mol. The van der Waals surface area contributed by atoms with E-state index in [-0.39, 0.29) is 5.56 Å². The topological polar surface area (TPSA) is 37.6 Å². The minimum Gasteiger partial charge on any atom is -0.289 e. The van der Waals surface area contributed by atoms with Gasteiger partial charge in [0.15, 0.2) is 0 Å². The van der Waals surface area contributed by atoms with Gasteiger partial charge in [-0.3, -0.25) is 14.1 Å². The SMILES string of the molecule is O=c1cc(CN(Cc2cccs2)C2CC2)nc2ccccn12. The van der Waals surface area contributed by atoms with Crippen LogP contribution < -0.4 is 5.56 Å². The van der Waals surface area contributed by atoms with Crippen LogP contribution in [0.2, 0.25) is 0 Å². The Labute approximate surface area is 132 Å². The van der Waals surface area contributed by atoms with E-state index in [1.165, 1.54) is 17.7 Å². The fraction of sp³-hybridized carbons (Fsp3) is 0.294. The zero-order chi connectivity index (χ0) is 14.9. The summed E-state index contributed by atoms with van der Waals surface area (Å²) in [5.41, 5.74) is 1.57. The Morgan fingerprint density at radius 3 is 2.91 bits per heavy atom. The molecule has 1 fully saturated rings. The normalized spacial score (nSPS) is 14.8. The van der Waals surface area contributed by atoms with E-state index in [1.807, 2.05) is 18.2 Å². The van der Waals surface area contributed by atoms with Gasteiger partial charge < -0.3 is 0 Å². The Morgan fingerprint density at radius 1 is 1.23 bits per heavy atom. The fourth-order valence-corrected chi connectivity index (χ4v) is 3.48. The van der Waals surface area contributed by atoms with Gasteiger partial charge in [-0.1, -0.05) is 12.1 Å². The molecule has 0 aliphatic heterocycles. The van der Waals surface area contributed by atoms with Crippen molar-refractivity contribution in [3.8, 4) is 0 Å². The Balaban J connectivity index is 1.62. The lowest BCUT2D eigenvalue weighted by atomic mass is 10.3. The van der Waals surface area contributed by atoms with Crippen molar-refractivity contribution in [2.24, 2.45) is 0 Å². The molecule has 22 heavy (non-hydrogen) atoms. The fourth-order valence-electron chi connectivity index (χ4n) is 2.75. The lowest BCUT2D eigenvalue weighted by Gasteiger charge is -2.20. The maximum atomic E-state index is 12.2. The number of thiophene rings is 1. The second kappa shape index (κ2) is 5.66. The summed E-state index contributed by atoms with van der Waals surface area (Å²) in [6.07, 6.45) is 4.26. The van der Waals surface area contributed by atoms with Crippen molar-refractivity contribution in [2.75, 3.05) is 0 Å². The molecule has 5 heteroatoms. The molecule has 4 nitrogen and oxygen atoms in total. The van der Waals surface area contributed by atoms with E-state index in [4.69, 9.17) is 0 Å². The summed E-state index contributed by atoms with van der Waals surface area (Å²) in [5, 5.41) is 2.11. The van der Waals surface area contributed by atoms with E-state index < -0.39 is 0 Å². The first-order valence-corrected chi connectivity index (χ1v) is 8.41. The molecule has 112 valence electrons. The zero-order valence-electron chi connectivity index (χ0n) is 12.2. The van der Waals surface area contributed by atoms with E-state index in [2.05, 4.69) is 27.4 Å². The summed E-state index contributed by atoms with van der Waals surface area (Å²) >= 11 is 1.78. The first-order valence-electron chi connectivity index (χ1n) is 7.53. The molecular weight excluding hydrogens is 294 g/mol. The van der Waals surface area contributed by atoms with Crippen LogP contribution >= 0.6 is 11.3 Å². The van der Waals surface area contributed by atoms with Crippen molar-refractivity contribution in [2.45, 2.75) is 32.0 Å². The minimum atomic E-state index is -0.00697. The summed E-state index contributed by atoms with van der Waals surface area (Å²) in [7, 11) is 0. The van der Waals surface area contributed by atoms with Gasteiger partial charge in [-0.25, -0.2) is 4.98 Å². The Hall–Kier alpha value is -1.98. The highest BCUT2D eigenvalue weighted by Crippen LogP contribution is 2.30. The van der Waals surface area contributed by atoms with Crippen LogP contribution in [0.1, 0.15) is 23.4 Å². The van der Waals surface area contributed by atoms with E-state index in [1.54, 1.807) is 28.0 Å². The molecule has 3 heterocycles. The lowest BCUT2D eigenvalue weighted by molar-refractivity contribution is 0.245. The van der Waals surface area contributed by atoms with Gasteiger partial charge >= 0.3 is 0 Å². The minimum absolute atomic E-state index is 0.00697. The molecule has 0 unspecified atom stereocenters. The molecule has 1 aliphatic rings. The summed E-state index contributed by atoms with van der Waals surface area (Å²) < 4.78 is 1.59. The second-order valence-corrected chi connectivity index (χ2v) is 6.76. The van der Waals surface area contributed by atoms with Gasteiger partial charge in [0.25, 0.3) is 5.56 Å². The first-order chi connectivity index (χ1) is 10.8. The molecule has 0 atom stereocenters. The summed E-state index contributed by atoms with van der Waals surface area (Å²) in [4.78, 5) is 20.6. The number of nitrogens with zero attached hydrogens (tertiary/aromatic N) is 3. The number of rotatable bonds is 5. The summed E-state index contributed by atoms with van der Waals surface area (Å²) in [5.74, 6) is 0. The Morgan fingerprint density at radius 2 is 2.14 bits per heavy atom. The van der Waals surface area contributed by atoms with E-state index in [0.29, 0.717) is 6.04 Å². The molecule has 3 aromatic heterocycles. The van der Waals surface area contributed by atoms with Crippen LogP contribution in [0, 0.1) is 0 Å². The van der Waals surface area contributed by atoms with Gasteiger partial charge in [0, 0.05) is 36.3 Å². The molecule has 0 spiro atoms. The molecule has 4 rings (SSSR count). The van der Waals surface area contributed by atoms with Crippen LogP contribution in [0.25, 0.3) is 5.65 Å². The second-order valence-electron chi connectivity index (χ2n) is 5.73. The van der Waals surface area contributed by atoms with Gasteiger partial charge in [0.2, 0.25) is 0 Å². The van der Waals surface area contributed by atoms with E-state index in [9.17, 15) is 4.79 Å². The quantitative estimate of drug-likeness (QED) is 0.727. The molecule has 0 radical (unpaired) electrons. The standard InChI is InChI=1S/C17H17N3OS/c21-17-10-13(18-16-5-1-2-8-20(16)17)11-19(14-6-7-14)12-15-4-3-9-22-15/h1-5,8-10,14H,6-7,11-12H2. The molecular formula is C17H17N3OS. The highest BCUT2D eigenvalue weighted by molar-refractivity contribution is 7.09. The zero-order valence-corrected chi connectivity index (χ0v) is 13.0. The van der Waals surface area contributed by atoms with Crippen molar-refractivity contribution >= 4 is 17.0 Å². The van der Waals surface area contributed by atoms with Crippen LogP contribution in [0.3, 0.4) is 0 Å². The van der Waals surface area contributed by atoms with Crippen molar-refractivity contribution in [1.29, 1.82) is 0 Å². The molecule has 3 aromatic rings. The molecule has 0 saturated heterocycles. The molecule has 0 amide bonds. The van der Waals surface area contributed by atoms with Gasteiger partial charge in [-0.2, -0.15) is 0 Å². The van der Waals surface area contributed by atoms with Gasteiger partial charge in [-0.15, -0.1) is 11.3 Å². The smallest absolute Gasteiger partial charge is 0.258 e. The molecule has 1 saturated carbocycles. The summed E-state index contributed by atoms with van der Waals surface area (Å²) in [6, 6.07) is 12.2. The van der Waals surface area contributed by atoms with E-state index in [0.717, 1.165) is 24.4 Å². The Kier molecular flexibility index (Phi) is 3.52. The highest BCUT2D eigenvalue weighted by atomic mass is 32.1. The van der Waals surface area contributed by atoms with Crippen LogP contribution in [0.15, 0.2) is 52.8 Å². The predicted molar refractivity (Wildman–Crippen MR) is 88.1 cm³/mol. The van der Waals surface area contributed by atoms with Crippen molar-refractivity contribution in [3.05, 3.63) is 68.9 Å². The van der Waals surface area contributed by atoms with Crippen LogP contribution in [-0.4, -0.2) is 20.3 Å². The lowest BCUT2D eigenvalue weighted by Crippen LogP contribution is -2.26. The Bertz CT molecular complexity index is 836. The largest absolute Gasteiger partial charge is 0.289 e. The van der Waals surface area contributed by atoms with Gasteiger partial charge in [0.1, 0.15) is 5.65 Å². The van der Waals surface area contributed by atoms with Crippen molar-refractivity contribution in [1.82, 2.24) is 14.3 Å². The van der Waals surface area contributed by atoms with Gasteiger partial charge in [0.05, 0.1) is 5.69 Å². The van der Waals surface area contributed by atoms with E-state index >= 15 is 0 Å². The van der Waals surface area contributed by atoms with Crippen LogP contribution in [-0.2, 0) is 13.1 Å². The highest BCUT2D eigenvalue weighted by Gasteiger charge is 2.29. The van der Waals surface area contributed by atoms with Crippen LogP contribution in [0.5, 0.6) is 0 Å². The number of fused-ring (bicyclic) bond motifs is 1. The third-order valence-corrected chi connectivity index (χ3v) is 4.85. The molecule has 0 N–H and O–H groups in total. The molecule has 0 bridgehead atoms. The number of aromatic nitrogens is 2. The average Bonchev–Trinajstić information content (AvgIpc) is 3.25. The van der Waals surface area contributed by atoms with Crippen LogP contribution in [0.4, 0.5) is 0 Å². The van der Waals surface area contributed by atoms with Crippen molar-refractivity contribution < 1.29 is 0 Å². The third-order valence-electron chi connectivity index (χ3n) is 3.99. The number of hydrogen-bond donors (Lipinski definition) is 0. The first kappa shape index (κ1) is 13.7. The van der Waals surface area contributed by atoms with Crippen molar-refractivity contribution in [3.63, 3.8) is 0 Å². The monoisotopic (exact) mass is 311 g/mol. The number of hydrogen-bond acceptors (Lipinski definition) is 4. The number of pyridine rings is 1. The predicted octanol–water partition coefficient (Wildman–Crippen LogP) is 2.92. The maximum Gasteiger partial charge on any atom is 0.258 e. The molecule has 0 aromatic carbocycles. The summed E-state index contributed by atoms with van der Waals surface area (Å²) in [6.45, 7) is 1.68.